The van der Waals surface area contributed by atoms with Crippen molar-refractivity contribution in [1.82, 2.24) is 15.0 Å². The number of hydrogen-bond acceptors (Lipinski definition) is 4. The second kappa shape index (κ2) is 12.6. The van der Waals surface area contributed by atoms with Crippen LogP contribution in [0.15, 0.2) is 102 Å². The zero-order chi connectivity index (χ0) is 29.3. The summed E-state index contributed by atoms with van der Waals surface area (Å²) in [5, 5.41) is 4.37. The summed E-state index contributed by atoms with van der Waals surface area (Å²) in [6, 6.07) is 33.1. The van der Waals surface area contributed by atoms with Gasteiger partial charge in [-0.2, -0.15) is 0 Å². The van der Waals surface area contributed by atoms with Gasteiger partial charge in [-0.3, -0.25) is 4.98 Å². The third kappa shape index (κ3) is 6.74. The third-order valence-electron chi connectivity index (χ3n) is 7.15. The van der Waals surface area contributed by atoms with Crippen LogP contribution in [-0.2, 0) is 26.5 Å². The Morgan fingerprint density at radius 1 is 0.721 bits per heavy atom. The molecule has 0 N–H and O–H groups in total. The van der Waals surface area contributed by atoms with Crippen molar-refractivity contribution in [2.24, 2.45) is 5.41 Å². The molecule has 0 spiro atoms. The molecule has 7 rings (SSSR count). The number of hydrogen-bond donors (Lipinski definition) is 0. The Labute approximate surface area is 266 Å². The molecule has 0 fully saturated rings. The molecule has 0 aliphatic rings. The molecule has 5 heteroatoms. The largest absolute Gasteiger partial charge is 0.500 e. The van der Waals surface area contributed by atoms with Gasteiger partial charge in [0.05, 0.1) is 5.58 Å². The normalized spacial score (nSPS) is 11.3. The molecule has 0 atom stereocenters. The minimum absolute atomic E-state index is 0. The van der Waals surface area contributed by atoms with E-state index < -0.39 is 0 Å². The van der Waals surface area contributed by atoms with Gasteiger partial charge >= 0.3 is 0 Å². The molecule has 7 aromatic rings. The van der Waals surface area contributed by atoms with Crippen molar-refractivity contribution in [2.45, 2.75) is 41.0 Å². The first-order valence-electron chi connectivity index (χ1n) is 14.2. The van der Waals surface area contributed by atoms with Gasteiger partial charge in [0.25, 0.3) is 0 Å². The Hall–Kier alpha value is -4.18. The van der Waals surface area contributed by atoms with E-state index in [1.165, 1.54) is 11.1 Å². The summed E-state index contributed by atoms with van der Waals surface area (Å²) in [5.41, 5.74) is 9.23. The fourth-order valence-corrected chi connectivity index (χ4v) is 5.22. The van der Waals surface area contributed by atoms with Crippen LogP contribution in [0, 0.1) is 31.4 Å². The maximum absolute atomic E-state index is 6.45. The first-order chi connectivity index (χ1) is 20.2. The molecular formula is C38H33IrN3O-2. The van der Waals surface area contributed by atoms with Crippen LogP contribution in [0.4, 0.5) is 0 Å². The van der Waals surface area contributed by atoms with Crippen molar-refractivity contribution in [2.75, 3.05) is 0 Å². The quantitative estimate of drug-likeness (QED) is 0.170. The molecule has 0 unspecified atom stereocenters. The van der Waals surface area contributed by atoms with E-state index in [4.69, 9.17) is 4.42 Å². The molecule has 0 saturated carbocycles. The monoisotopic (exact) mass is 740 g/mol. The van der Waals surface area contributed by atoms with E-state index in [9.17, 15) is 0 Å². The van der Waals surface area contributed by atoms with Gasteiger partial charge in [0.2, 0.25) is 0 Å². The summed E-state index contributed by atoms with van der Waals surface area (Å²) in [4.78, 5) is 13.4. The fraction of sp³-hybridized carbons (Fsp3) is 0.184. The van der Waals surface area contributed by atoms with Gasteiger partial charge in [-0.1, -0.05) is 67.6 Å². The number of aromatic nitrogens is 3. The van der Waals surface area contributed by atoms with Gasteiger partial charge in [0, 0.05) is 60.5 Å². The SMILES string of the molecule is Cc1cc2c(ccc3c4cc[c-]c(-c5cc(CC(C)(C)C)ccn5)c4oc23)cn1.Cc1ccc(-c2[c-]cccc2)nc1.[Ir]. The van der Waals surface area contributed by atoms with Gasteiger partial charge in [0.15, 0.2) is 0 Å². The predicted octanol–water partition coefficient (Wildman–Crippen LogP) is 9.75. The maximum atomic E-state index is 6.45. The minimum Gasteiger partial charge on any atom is -0.500 e. The van der Waals surface area contributed by atoms with Gasteiger partial charge < -0.3 is 14.4 Å². The van der Waals surface area contributed by atoms with Gasteiger partial charge in [-0.15, -0.1) is 54.1 Å². The molecule has 43 heavy (non-hydrogen) atoms. The molecule has 217 valence electrons. The maximum Gasteiger partial charge on any atom is 0.128 e. The Morgan fingerprint density at radius 3 is 2.30 bits per heavy atom. The zero-order valence-electron chi connectivity index (χ0n) is 25.0. The van der Waals surface area contributed by atoms with Gasteiger partial charge in [-0.25, -0.2) is 0 Å². The van der Waals surface area contributed by atoms with Crippen LogP contribution in [0.5, 0.6) is 0 Å². The molecular weight excluding hydrogens is 707 g/mol. The Kier molecular flexibility index (Phi) is 8.87. The molecule has 4 nitrogen and oxygen atoms in total. The van der Waals surface area contributed by atoms with Crippen molar-refractivity contribution >= 4 is 32.7 Å². The first-order valence-corrected chi connectivity index (χ1v) is 14.2. The van der Waals surface area contributed by atoms with Crippen LogP contribution < -0.4 is 0 Å². The number of rotatable bonds is 3. The zero-order valence-corrected chi connectivity index (χ0v) is 27.4. The van der Waals surface area contributed by atoms with Crippen molar-refractivity contribution in [1.29, 1.82) is 0 Å². The molecule has 0 amide bonds. The summed E-state index contributed by atoms with van der Waals surface area (Å²) in [6.45, 7) is 10.8. The molecule has 3 aromatic carbocycles. The van der Waals surface area contributed by atoms with Gasteiger partial charge in [-0.05, 0) is 54.8 Å². The fourth-order valence-electron chi connectivity index (χ4n) is 5.22. The molecule has 0 bridgehead atoms. The van der Waals surface area contributed by atoms with E-state index >= 15 is 0 Å². The van der Waals surface area contributed by atoms with Crippen LogP contribution in [0.1, 0.15) is 37.6 Å². The predicted molar refractivity (Wildman–Crippen MR) is 172 cm³/mol. The van der Waals surface area contributed by atoms with Crippen LogP contribution >= 0.6 is 0 Å². The van der Waals surface area contributed by atoms with Crippen molar-refractivity contribution in [3.05, 3.63) is 126 Å². The minimum atomic E-state index is 0. The Bertz CT molecular complexity index is 2010. The standard InChI is InChI=1S/C26H23N2O.C12H10N.Ir/c1-16-12-22-18(15-28-16)8-9-20-19-6-5-7-21(24(19)29-25(20)22)23-13-17(10-11-27-23)14-26(2,3)4;1-10-7-8-12(13-9-10)11-5-3-2-4-6-11;/h5-6,8-13,15H,14H2,1-4H3;2-5,7-9H,1H3;/q2*-1;. The number of nitrogens with zero attached hydrogens (tertiary/aromatic N) is 3. The van der Waals surface area contributed by atoms with Crippen LogP contribution in [0.25, 0.3) is 55.2 Å². The molecule has 4 aromatic heterocycles. The van der Waals surface area contributed by atoms with E-state index in [1.54, 1.807) is 0 Å². The van der Waals surface area contributed by atoms with E-state index in [2.05, 4.69) is 90.3 Å². The van der Waals surface area contributed by atoms with Crippen molar-refractivity contribution < 1.29 is 24.5 Å². The molecule has 0 saturated heterocycles. The average Bonchev–Trinajstić information content (AvgIpc) is 3.37. The summed E-state index contributed by atoms with van der Waals surface area (Å²) < 4.78 is 6.45. The Balaban J connectivity index is 0.000000221. The third-order valence-corrected chi connectivity index (χ3v) is 7.15. The van der Waals surface area contributed by atoms with Crippen molar-refractivity contribution in [3.63, 3.8) is 0 Å². The number of furan rings is 1. The number of pyridine rings is 3. The second-order valence-corrected chi connectivity index (χ2v) is 12.0. The van der Waals surface area contributed by atoms with Gasteiger partial charge in [0.1, 0.15) is 5.58 Å². The van der Waals surface area contributed by atoms with Crippen molar-refractivity contribution in [3.8, 4) is 22.5 Å². The molecule has 0 aliphatic carbocycles. The topological polar surface area (TPSA) is 51.8 Å². The number of fused-ring (bicyclic) bond motifs is 5. The van der Waals surface area contributed by atoms with Crippen LogP contribution in [0.2, 0.25) is 0 Å². The molecule has 1 radical (unpaired) electrons. The second-order valence-electron chi connectivity index (χ2n) is 12.0. The van der Waals surface area contributed by atoms with Crippen LogP contribution in [-0.4, -0.2) is 15.0 Å². The smallest absolute Gasteiger partial charge is 0.128 e. The average molecular weight is 740 g/mol. The summed E-state index contributed by atoms with van der Waals surface area (Å²) in [6.07, 6.45) is 6.66. The van der Waals surface area contributed by atoms with E-state index in [0.29, 0.717) is 0 Å². The summed E-state index contributed by atoms with van der Waals surface area (Å²) in [5.74, 6) is 0. The van der Waals surface area contributed by atoms with E-state index in [1.807, 2.05) is 68.8 Å². The molecule has 4 heterocycles. The first kappa shape index (κ1) is 30.3. The Morgan fingerprint density at radius 2 is 1.56 bits per heavy atom. The summed E-state index contributed by atoms with van der Waals surface area (Å²) in [7, 11) is 0. The summed E-state index contributed by atoms with van der Waals surface area (Å²) >= 11 is 0. The van der Waals surface area contributed by atoms with E-state index in [0.717, 1.165) is 67.3 Å². The number of aryl methyl sites for hydroxylation is 2. The molecule has 0 aliphatic heterocycles. The number of benzene rings is 3. The van der Waals surface area contributed by atoms with E-state index in [-0.39, 0.29) is 25.5 Å². The van der Waals surface area contributed by atoms with Crippen LogP contribution in [0.3, 0.4) is 0 Å².